The van der Waals surface area contributed by atoms with Gasteiger partial charge in [0, 0.05) is 15.5 Å². The number of aryl methyl sites for hydroxylation is 1. The summed E-state index contributed by atoms with van der Waals surface area (Å²) < 4.78 is 1.08. The van der Waals surface area contributed by atoms with Crippen molar-refractivity contribution >= 4 is 40.1 Å². The van der Waals surface area contributed by atoms with Crippen molar-refractivity contribution in [1.82, 2.24) is 15.2 Å². The molecule has 8 heteroatoms. The number of hydrogen-bond donors (Lipinski definition) is 3. The highest BCUT2D eigenvalue weighted by Gasteiger charge is 2.11. The Balaban J connectivity index is 2.10. The van der Waals surface area contributed by atoms with Gasteiger partial charge in [0.1, 0.15) is 18.0 Å². The number of carbonyl (C=O) groups excluding carboxylic acids is 1. The van der Waals surface area contributed by atoms with Crippen molar-refractivity contribution in [2.75, 3.05) is 10.6 Å². The Hall–Kier alpha value is -2.41. The zero-order valence-electron chi connectivity index (χ0n) is 11.0. The molecule has 0 spiro atoms. The maximum absolute atomic E-state index is 12.1. The fraction of sp³-hybridized carbons (Fsp3) is 0.0769. The van der Waals surface area contributed by atoms with Crippen LogP contribution in [0.3, 0.4) is 0 Å². The first kappa shape index (κ1) is 15.0. The molecule has 1 amide bonds. The quantitative estimate of drug-likeness (QED) is 0.419. The van der Waals surface area contributed by atoms with Crippen molar-refractivity contribution < 1.29 is 4.79 Å². The van der Waals surface area contributed by atoms with Crippen LogP contribution >= 0.6 is 22.6 Å². The molecule has 0 aliphatic rings. The number of aromatic nitrogens is 3. The molecule has 2 rings (SSSR count). The zero-order chi connectivity index (χ0) is 15.2. The fourth-order valence-corrected chi connectivity index (χ4v) is 2.17. The van der Waals surface area contributed by atoms with E-state index in [1.54, 1.807) is 6.07 Å². The molecule has 0 aliphatic carbocycles. The number of anilines is 2. The van der Waals surface area contributed by atoms with Crippen molar-refractivity contribution in [1.29, 1.82) is 5.26 Å². The number of rotatable bonds is 4. The molecule has 0 radical (unpaired) electrons. The van der Waals surface area contributed by atoms with Crippen LogP contribution in [0.5, 0.6) is 0 Å². The van der Waals surface area contributed by atoms with E-state index in [1.807, 2.05) is 25.1 Å². The van der Waals surface area contributed by atoms with Gasteiger partial charge in [-0.1, -0.05) is 0 Å². The summed E-state index contributed by atoms with van der Waals surface area (Å²) in [4.78, 5) is 15.9. The van der Waals surface area contributed by atoms with E-state index in [2.05, 4.69) is 48.4 Å². The van der Waals surface area contributed by atoms with Crippen molar-refractivity contribution in [3.63, 3.8) is 0 Å². The minimum absolute atomic E-state index is 0.0654. The van der Waals surface area contributed by atoms with Crippen LogP contribution < -0.4 is 10.6 Å². The number of halogens is 1. The number of nitrogens with one attached hydrogen (secondary N) is 3. The molecule has 2 aromatic rings. The maximum Gasteiger partial charge on any atom is 0.267 e. The van der Waals surface area contributed by atoms with Gasteiger partial charge >= 0.3 is 0 Å². The maximum atomic E-state index is 12.1. The topological polar surface area (TPSA) is 106 Å². The van der Waals surface area contributed by atoms with Gasteiger partial charge in [-0.2, -0.15) is 15.3 Å². The highest BCUT2D eigenvalue weighted by molar-refractivity contribution is 14.1. The van der Waals surface area contributed by atoms with E-state index in [-0.39, 0.29) is 5.57 Å². The SMILES string of the molecule is Cc1cc(I)ccc1NC(=O)/C(C#N)=C\Nc1ncn[nH]1. The lowest BCUT2D eigenvalue weighted by atomic mass is 10.2. The minimum atomic E-state index is -0.492. The van der Waals surface area contributed by atoms with Gasteiger partial charge in [0.25, 0.3) is 5.91 Å². The van der Waals surface area contributed by atoms with Crippen molar-refractivity contribution in [3.05, 3.63) is 45.4 Å². The summed E-state index contributed by atoms with van der Waals surface area (Å²) in [6, 6.07) is 7.46. The normalized spacial score (nSPS) is 10.8. The lowest BCUT2D eigenvalue weighted by Gasteiger charge is -2.08. The van der Waals surface area contributed by atoms with Crippen LogP contribution in [0.4, 0.5) is 11.6 Å². The van der Waals surface area contributed by atoms with Crippen LogP contribution in [-0.2, 0) is 4.79 Å². The molecule has 0 saturated carbocycles. The Labute approximate surface area is 134 Å². The smallest absolute Gasteiger partial charge is 0.267 e. The Kier molecular flexibility index (Phi) is 4.89. The zero-order valence-corrected chi connectivity index (χ0v) is 13.2. The predicted molar refractivity (Wildman–Crippen MR) is 86.2 cm³/mol. The summed E-state index contributed by atoms with van der Waals surface area (Å²) in [6.07, 6.45) is 2.59. The van der Waals surface area contributed by atoms with Crippen LogP contribution in [0.15, 0.2) is 36.3 Å². The number of nitriles is 1. The molecule has 7 nitrogen and oxygen atoms in total. The Bertz CT molecular complexity index is 717. The number of aromatic amines is 1. The molecular formula is C13H11IN6O. The first-order valence-electron chi connectivity index (χ1n) is 5.90. The Morgan fingerprint density at radius 1 is 1.52 bits per heavy atom. The van der Waals surface area contributed by atoms with E-state index in [1.165, 1.54) is 12.5 Å². The third kappa shape index (κ3) is 4.03. The second kappa shape index (κ2) is 6.85. The standard InChI is InChI=1S/C13H11IN6O/c1-8-4-10(14)2-3-11(8)19-12(21)9(5-15)6-16-13-17-7-18-20-13/h2-4,6-7H,1H3,(H,19,21)(H2,16,17,18,20)/b9-6-. The van der Waals surface area contributed by atoms with Gasteiger partial charge in [-0.05, 0) is 53.3 Å². The molecule has 0 aliphatic heterocycles. The molecule has 3 N–H and O–H groups in total. The first-order valence-corrected chi connectivity index (χ1v) is 6.97. The number of nitrogens with zero attached hydrogens (tertiary/aromatic N) is 3. The van der Waals surface area contributed by atoms with Crippen molar-refractivity contribution in [3.8, 4) is 6.07 Å². The average molecular weight is 394 g/mol. The Morgan fingerprint density at radius 3 is 2.95 bits per heavy atom. The van der Waals surface area contributed by atoms with Gasteiger partial charge in [0.2, 0.25) is 5.95 Å². The second-order valence-electron chi connectivity index (χ2n) is 4.06. The number of benzene rings is 1. The second-order valence-corrected chi connectivity index (χ2v) is 5.31. The summed E-state index contributed by atoms with van der Waals surface area (Å²) in [5.41, 5.74) is 1.53. The van der Waals surface area contributed by atoms with Crippen molar-refractivity contribution in [2.24, 2.45) is 0 Å². The number of H-pyrrole nitrogens is 1. The van der Waals surface area contributed by atoms with Gasteiger partial charge < -0.3 is 10.6 Å². The number of hydrogen-bond acceptors (Lipinski definition) is 5. The minimum Gasteiger partial charge on any atom is -0.330 e. The summed E-state index contributed by atoms with van der Waals surface area (Å²) in [5, 5.41) is 20.6. The van der Waals surface area contributed by atoms with E-state index in [0.29, 0.717) is 11.6 Å². The highest BCUT2D eigenvalue weighted by Crippen LogP contribution is 2.18. The largest absolute Gasteiger partial charge is 0.330 e. The van der Waals surface area contributed by atoms with Crippen LogP contribution in [-0.4, -0.2) is 21.1 Å². The molecule has 106 valence electrons. The van der Waals surface area contributed by atoms with E-state index in [9.17, 15) is 4.79 Å². The van der Waals surface area contributed by atoms with Gasteiger partial charge in [0.15, 0.2) is 0 Å². The number of amides is 1. The van der Waals surface area contributed by atoms with Crippen LogP contribution in [0, 0.1) is 21.8 Å². The van der Waals surface area contributed by atoms with Crippen LogP contribution in [0.2, 0.25) is 0 Å². The first-order chi connectivity index (χ1) is 10.1. The summed E-state index contributed by atoms with van der Waals surface area (Å²) >= 11 is 2.19. The molecule has 0 atom stereocenters. The molecule has 0 unspecified atom stereocenters. The third-order valence-electron chi connectivity index (χ3n) is 2.57. The van der Waals surface area contributed by atoms with E-state index in [4.69, 9.17) is 5.26 Å². The summed E-state index contributed by atoms with van der Waals surface area (Å²) in [6.45, 7) is 1.89. The summed E-state index contributed by atoms with van der Waals surface area (Å²) in [5.74, 6) is -0.144. The molecule has 1 heterocycles. The Morgan fingerprint density at radius 2 is 2.33 bits per heavy atom. The van der Waals surface area contributed by atoms with Gasteiger partial charge in [0.05, 0.1) is 0 Å². The number of carbonyl (C=O) groups is 1. The van der Waals surface area contributed by atoms with E-state index >= 15 is 0 Å². The third-order valence-corrected chi connectivity index (χ3v) is 3.24. The molecular weight excluding hydrogens is 383 g/mol. The van der Waals surface area contributed by atoms with Crippen LogP contribution in [0.25, 0.3) is 0 Å². The summed E-state index contributed by atoms with van der Waals surface area (Å²) in [7, 11) is 0. The molecule has 0 fully saturated rings. The monoisotopic (exact) mass is 394 g/mol. The van der Waals surface area contributed by atoms with Gasteiger partial charge in [-0.15, -0.1) is 0 Å². The molecule has 21 heavy (non-hydrogen) atoms. The predicted octanol–water partition coefficient (Wildman–Crippen LogP) is 2.18. The molecule has 1 aromatic carbocycles. The van der Waals surface area contributed by atoms with Crippen molar-refractivity contribution in [2.45, 2.75) is 6.92 Å². The van der Waals surface area contributed by atoms with Gasteiger partial charge in [-0.25, -0.2) is 5.10 Å². The van der Waals surface area contributed by atoms with E-state index < -0.39 is 5.91 Å². The van der Waals surface area contributed by atoms with Gasteiger partial charge in [-0.3, -0.25) is 4.79 Å². The molecule has 0 saturated heterocycles. The molecule has 1 aromatic heterocycles. The lowest BCUT2D eigenvalue weighted by Crippen LogP contribution is -2.15. The van der Waals surface area contributed by atoms with E-state index in [0.717, 1.165) is 9.13 Å². The molecule has 0 bridgehead atoms. The lowest BCUT2D eigenvalue weighted by molar-refractivity contribution is -0.112. The fourth-order valence-electron chi connectivity index (χ4n) is 1.52. The average Bonchev–Trinajstić information content (AvgIpc) is 2.96. The van der Waals surface area contributed by atoms with Crippen LogP contribution in [0.1, 0.15) is 5.56 Å². The highest BCUT2D eigenvalue weighted by atomic mass is 127.